The van der Waals surface area contributed by atoms with Crippen LogP contribution < -0.4 is 15.2 Å². The number of hydrogen-bond acceptors (Lipinski definition) is 7. The van der Waals surface area contributed by atoms with Gasteiger partial charge in [0.25, 0.3) is 5.69 Å². The van der Waals surface area contributed by atoms with Crippen molar-refractivity contribution in [3.05, 3.63) is 70.3 Å². The molecule has 34 heavy (non-hydrogen) atoms. The van der Waals surface area contributed by atoms with Crippen LogP contribution in [-0.2, 0) is 21.2 Å². The van der Waals surface area contributed by atoms with Gasteiger partial charge in [-0.25, -0.2) is 8.42 Å². The molecule has 4 rings (SSSR count). The first-order valence-electron chi connectivity index (χ1n) is 10.6. The largest absolute Gasteiger partial charge is 0.497 e. The summed E-state index contributed by atoms with van der Waals surface area (Å²) in [5.41, 5.74) is 6.19. The van der Waals surface area contributed by atoms with E-state index in [0.29, 0.717) is 42.6 Å². The number of carbonyl (C=O) groups is 1. The van der Waals surface area contributed by atoms with Crippen LogP contribution >= 0.6 is 0 Å². The van der Waals surface area contributed by atoms with Gasteiger partial charge in [-0.05, 0) is 59.5 Å². The lowest BCUT2D eigenvalue weighted by molar-refractivity contribution is -0.384. The zero-order valence-electron chi connectivity index (χ0n) is 18.4. The van der Waals surface area contributed by atoms with Crippen LogP contribution in [0.4, 0.5) is 11.4 Å². The van der Waals surface area contributed by atoms with Crippen LogP contribution in [0.15, 0.2) is 59.5 Å². The molecule has 1 fully saturated rings. The van der Waals surface area contributed by atoms with E-state index in [4.69, 9.17) is 10.5 Å². The Morgan fingerprint density at radius 1 is 1.15 bits per heavy atom. The Morgan fingerprint density at radius 2 is 1.91 bits per heavy atom. The highest BCUT2D eigenvalue weighted by Gasteiger charge is 2.34. The number of nitro benzene ring substituents is 1. The summed E-state index contributed by atoms with van der Waals surface area (Å²) in [6.45, 7) is 0.700. The van der Waals surface area contributed by atoms with Crippen LogP contribution in [-0.4, -0.2) is 50.4 Å². The predicted molar refractivity (Wildman–Crippen MR) is 127 cm³/mol. The van der Waals surface area contributed by atoms with Crippen LogP contribution in [0.25, 0.3) is 10.8 Å². The van der Waals surface area contributed by atoms with Gasteiger partial charge < -0.3 is 15.4 Å². The first-order valence-corrected chi connectivity index (χ1v) is 12.1. The number of fused-ring (bicyclic) bond motifs is 1. The van der Waals surface area contributed by atoms with Gasteiger partial charge in [0.2, 0.25) is 15.9 Å². The lowest BCUT2D eigenvalue weighted by atomic mass is 10.1. The molecule has 0 saturated carbocycles. The average molecular weight is 485 g/mol. The van der Waals surface area contributed by atoms with Crippen LogP contribution in [0, 0.1) is 10.1 Å². The van der Waals surface area contributed by atoms with E-state index in [2.05, 4.69) is 4.72 Å². The summed E-state index contributed by atoms with van der Waals surface area (Å²) < 4.78 is 33.6. The Labute approximate surface area is 196 Å². The molecule has 0 unspecified atom stereocenters. The summed E-state index contributed by atoms with van der Waals surface area (Å²) in [5, 5.41) is 12.6. The number of carbonyl (C=O) groups excluding carboxylic acids is 1. The molecule has 1 heterocycles. The van der Waals surface area contributed by atoms with E-state index in [1.807, 2.05) is 6.07 Å². The van der Waals surface area contributed by atoms with Gasteiger partial charge in [-0.3, -0.25) is 14.9 Å². The highest BCUT2D eigenvalue weighted by Crippen LogP contribution is 2.25. The number of rotatable bonds is 8. The average Bonchev–Trinajstić information content (AvgIpc) is 3.15. The van der Waals surface area contributed by atoms with E-state index >= 15 is 0 Å². The number of sulfonamides is 1. The first kappa shape index (κ1) is 23.5. The fourth-order valence-electron chi connectivity index (χ4n) is 3.99. The molecule has 0 bridgehead atoms. The summed E-state index contributed by atoms with van der Waals surface area (Å²) in [6, 6.07) is 13.8. The Bertz CT molecular complexity index is 1380. The Kier molecular flexibility index (Phi) is 6.40. The molecule has 3 N–H and O–H groups in total. The molecule has 0 radical (unpaired) electrons. The molecule has 1 amide bonds. The second-order valence-electron chi connectivity index (χ2n) is 8.06. The number of nitrogens with zero attached hydrogens (tertiary/aromatic N) is 2. The molecule has 3 aromatic carbocycles. The van der Waals surface area contributed by atoms with E-state index in [-0.39, 0.29) is 22.2 Å². The van der Waals surface area contributed by atoms with Crippen molar-refractivity contribution in [3.63, 3.8) is 0 Å². The number of ether oxygens (including phenoxy) is 1. The number of amides is 1. The van der Waals surface area contributed by atoms with Gasteiger partial charge >= 0.3 is 0 Å². The lowest BCUT2D eigenvalue weighted by Gasteiger charge is -2.17. The highest BCUT2D eigenvalue weighted by molar-refractivity contribution is 7.89. The van der Waals surface area contributed by atoms with Crippen molar-refractivity contribution in [2.24, 2.45) is 0 Å². The maximum absolute atomic E-state index is 13.0. The molecule has 1 aliphatic rings. The van der Waals surface area contributed by atoms with E-state index in [0.717, 1.165) is 5.39 Å². The summed E-state index contributed by atoms with van der Waals surface area (Å²) in [6.07, 6.45) is 0.722. The lowest BCUT2D eigenvalue weighted by Crippen LogP contribution is -2.41. The van der Waals surface area contributed by atoms with Gasteiger partial charge in [0.15, 0.2) is 0 Å². The van der Waals surface area contributed by atoms with Crippen LogP contribution in [0.1, 0.15) is 12.0 Å². The molecule has 0 spiro atoms. The fourth-order valence-corrected chi connectivity index (χ4v) is 5.25. The van der Waals surface area contributed by atoms with Crippen LogP contribution in [0.3, 0.4) is 0 Å². The standard InChI is InChI=1S/C23H24N4O6S/c1-33-18-5-3-16-4-6-19(14-17(16)13-18)34(31,32)25-21-9-11-26(23(21)28)10-8-15-2-7-20(24)22(12-15)27(29)30/h2-7,12-14,21,25H,8-11,24H2,1H3/t21-/m0/s1. The van der Waals surface area contributed by atoms with Crippen molar-refractivity contribution in [2.75, 3.05) is 25.9 Å². The summed E-state index contributed by atoms with van der Waals surface area (Å²) in [7, 11) is -2.39. The molecule has 178 valence electrons. The van der Waals surface area contributed by atoms with E-state index in [9.17, 15) is 23.3 Å². The zero-order chi connectivity index (χ0) is 24.5. The smallest absolute Gasteiger partial charge is 0.292 e. The normalized spacial score (nSPS) is 16.2. The van der Waals surface area contributed by atoms with Crippen molar-refractivity contribution >= 4 is 38.1 Å². The number of nitrogen functional groups attached to an aromatic ring is 1. The third-order valence-corrected chi connectivity index (χ3v) is 7.36. The van der Waals surface area contributed by atoms with Gasteiger partial charge in [0.1, 0.15) is 17.5 Å². The van der Waals surface area contributed by atoms with E-state index < -0.39 is 21.0 Å². The van der Waals surface area contributed by atoms with E-state index in [1.165, 1.54) is 25.3 Å². The van der Waals surface area contributed by atoms with Gasteiger partial charge in [-0.1, -0.05) is 18.2 Å². The quantitative estimate of drug-likeness (QED) is 0.284. The van der Waals surface area contributed by atoms with Gasteiger partial charge in [0.05, 0.1) is 16.9 Å². The molecule has 1 atom stereocenters. The number of hydrogen-bond donors (Lipinski definition) is 2. The molecule has 3 aromatic rings. The summed E-state index contributed by atoms with van der Waals surface area (Å²) in [5.74, 6) is 0.291. The summed E-state index contributed by atoms with van der Waals surface area (Å²) in [4.78, 5) is 25.0. The molecule has 10 nitrogen and oxygen atoms in total. The SMILES string of the molecule is COc1ccc2ccc(S(=O)(=O)N[C@H]3CCN(CCc4ccc(N)c([N+](=O)[O-])c4)C3=O)cc2c1. The first-order chi connectivity index (χ1) is 16.2. The summed E-state index contributed by atoms with van der Waals surface area (Å²) >= 11 is 0. The number of benzene rings is 3. The maximum atomic E-state index is 13.0. The molecular formula is C23H24N4O6S. The minimum Gasteiger partial charge on any atom is -0.497 e. The van der Waals surface area contributed by atoms with Gasteiger partial charge in [0, 0.05) is 19.2 Å². The third-order valence-electron chi connectivity index (χ3n) is 5.89. The van der Waals surface area contributed by atoms with Gasteiger partial charge in [-0.15, -0.1) is 0 Å². The van der Waals surface area contributed by atoms with Crippen LogP contribution in [0.2, 0.25) is 0 Å². The number of methoxy groups -OCH3 is 1. The van der Waals surface area contributed by atoms with Crippen LogP contribution in [0.5, 0.6) is 5.75 Å². The van der Waals surface area contributed by atoms with Crippen molar-refractivity contribution in [1.82, 2.24) is 9.62 Å². The molecule has 1 aliphatic heterocycles. The maximum Gasteiger partial charge on any atom is 0.292 e. The zero-order valence-corrected chi connectivity index (χ0v) is 19.2. The number of nitrogens with two attached hydrogens (primary N) is 1. The monoisotopic (exact) mass is 484 g/mol. The molecule has 11 heteroatoms. The number of anilines is 1. The molecular weight excluding hydrogens is 460 g/mol. The Hall–Kier alpha value is -3.70. The molecule has 0 aliphatic carbocycles. The number of nitrogens with one attached hydrogen (secondary N) is 1. The minimum atomic E-state index is -3.93. The van der Waals surface area contributed by atoms with Crippen molar-refractivity contribution in [2.45, 2.75) is 23.8 Å². The number of likely N-dealkylation sites (tertiary alicyclic amines) is 1. The Balaban J connectivity index is 1.43. The highest BCUT2D eigenvalue weighted by atomic mass is 32.2. The topological polar surface area (TPSA) is 145 Å². The van der Waals surface area contributed by atoms with Crippen molar-refractivity contribution in [3.8, 4) is 5.75 Å². The molecule has 0 aromatic heterocycles. The second kappa shape index (κ2) is 9.27. The third kappa shape index (κ3) is 4.80. The molecule has 1 saturated heterocycles. The fraction of sp³-hybridized carbons (Fsp3) is 0.261. The van der Waals surface area contributed by atoms with Crippen molar-refractivity contribution < 1.29 is 22.9 Å². The van der Waals surface area contributed by atoms with E-state index in [1.54, 1.807) is 35.2 Å². The second-order valence-corrected chi connectivity index (χ2v) is 9.78. The predicted octanol–water partition coefficient (Wildman–Crippen LogP) is 2.46. The minimum absolute atomic E-state index is 0.0636. The Morgan fingerprint density at radius 3 is 2.65 bits per heavy atom. The van der Waals surface area contributed by atoms with Gasteiger partial charge in [-0.2, -0.15) is 4.72 Å². The van der Waals surface area contributed by atoms with Crippen molar-refractivity contribution in [1.29, 1.82) is 0 Å². The number of nitro groups is 1.